The Hall–Kier alpha value is -3.15. The van der Waals surface area contributed by atoms with Crippen molar-refractivity contribution in [2.75, 3.05) is 13.2 Å². The van der Waals surface area contributed by atoms with Crippen LogP contribution in [0.15, 0.2) is 48.5 Å². The molecular formula is C24H29NO5. The standard InChI is InChI=1S/C24H29NO5/c1-16(2)13-19-5-7-20(8-6-19)17(3)25-23(27)14-30-24(28)15-29-22-11-9-21(10-12-22)18(4)26/h5-12,16-17H,13-15H2,1-4H3,(H,25,27)/t17-/m1/s1. The number of hydrogen-bond acceptors (Lipinski definition) is 5. The van der Waals surface area contributed by atoms with Gasteiger partial charge >= 0.3 is 5.97 Å². The Balaban J connectivity index is 1.72. The molecule has 0 aliphatic heterocycles. The average Bonchev–Trinajstić information content (AvgIpc) is 2.71. The summed E-state index contributed by atoms with van der Waals surface area (Å²) in [7, 11) is 0. The van der Waals surface area contributed by atoms with Crippen molar-refractivity contribution in [1.82, 2.24) is 5.32 Å². The average molecular weight is 411 g/mol. The third-order valence-electron chi connectivity index (χ3n) is 4.48. The molecular weight excluding hydrogens is 382 g/mol. The van der Waals surface area contributed by atoms with Crippen LogP contribution in [0.3, 0.4) is 0 Å². The largest absolute Gasteiger partial charge is 0.482 e. The van der Waals surface area contributed by atoms with Gasteiger partial charge in [0.05, 0.1) is 6.04 Å². The summed E-state index contributed by atoms with van der Waals surface area (Å²) in [5, 5.41) is 2.81. The number of carbonyl (C=O) groups excluding carboxylic acids is 3. The first-order chi connectivity index (χ1) is 14.2. The Bertz CT molecular complexity index is 856. The first-order valence-corrected chi connectivity index (χ1v) is 10.0. The van der Waals surface area contributed by atoms with Gasteiger partial charge in [-0.2, -0.15) is 0 Å². The number of esters is 1. The van der Waals surface area contributed by atoms with Crippen molar-refractivity contribution in [3.8, 4) is 5.75 Å². The molecule has 0 bridgehead atoms. The molecule has 0 radical (unpaired) electrons. The van der Waals surface area contributed by atoms with Gasteiger partial charge in [-0.25, -0.2) is 4.79 Å². The van der Waals surface area contributed by atoms with Crippen LogP contribution in [-0.4, -0.2) is 30.9 Å². The molecule has 2 aromatic carbocycles. The highest BCUT2D eigenvalue weighted by Gasteiger charge is 2.13. The predicted molar refractivity (Wildman–Crippen MR) is 114 cm³/mol. The smallest absolute Gasteiger partial charge is 0.344 e. The normalized spacial score (nSPS) is 11.6. The summed E-state index contributed by atoms with van der Waals surface area (Å²) in [5.74, 6) is -0.0467. The number of ketones is 1. The third kappa shape index (κ3) is 7.70. The zero-order valence-corrected chi connectivity index (χ0v) is 17.9. The molecule has 0 saturated carbocycles. The van der Waals surface area contributed by atoms with Crippen LogP contribution in [0.5, 0.6) is 5.75 Å². The molecule has 0 fully saturated rings. The second-order valence-corrected chi connectivity index (χ2v) is 7.66. The van der Waals surface area contributed by atoms with Gasteiger partial charge in [-0.3, -0.25) is 9.59 Å². The Morgan fingerprint density at radius 3 is 2.10 bits per heavy atom. The van der Waals surface area contributed by atoms with E-state index in [4.69, 9.17) is 9.47 Å². The minimum atomic E-state index is -0.647. The predicted octanol–water partition coefficient (Wildman–Crippen LogP) is 3.89. The van der Waals surface area contributed by atoms with Crippen LogP contribution in [0.4, 0.5) is 0 Å². The maximum absolute atomic E-state index is 12.1. The molecule has 6 nitrogen and oxygen atoms in total. The molecule has 2 rings (SSSR count). The number of hydrogen-bond donors (Lipinski definition) is 1. The molecule has 1 amide bonds. The summed E-state index contributed by atoms with van der Waals surface area (Å²) < 4.78 is 10.3. The minimum Gasteiger partial charge on any atom is -0.482 e. The molecule has 1 atom stereocenters. The topological polar surface area (TPSA) is 81.7 Å². The fourth-order valence-corrected chi connectivity index (χ4v) is 2.90. The van der Waals surface area contributed by atoms with E-state index in [2.05, 4.69) is 31.3 Å². The van der Waals surface area contributed by atoms with E-state index in [-0.39, 0.29) is 30.9 Å². The molecule has 0 aromatic heterocycles. The SMILES string of the molecule is CC(=O)c1ccc(OCC(=O)OCC(=O)N[C@H](C)c2ccc(CC(C)C)cc2)cc1. The van der Waals surface area contributed by atoms with Gasteiger partial charge in [-0.05, 0) is 61.6 Å². The van der Waals surface area contributed by atoms with Crippen LogP contribution < -0.4 is 10.1 Å². The maximum Gasteiger partial charge on any atom is 0.344 e. The number of carbonyl (C=O) groups is 3. The summed E-state index contributed by atoms with van der Waals surface area (Å²) >= 11 is 0. The van der Waals surface area contributed by atoms with Crippen LogP contribution >= 0.6 is 0 Å². The Morgan fingerprint density at radius 1 is 0.900 bits per heavy atom. The molecule has 30 heavy (non-hydrogen) atoms. The molecule has 2 aromatic rings. The third-order valence-corrected chi connectivity index (χ3v) is 4.48. The molecule has 0 saturated heterocycles. The van der Waals surface area contributed by atoms with Crippen molar-refractivity contribution in [2.45, 2.75) is 40.2 Å². The van der Waals surface area contributed by atoms with Gasteiger partial charge in [0, 0.05) is 5.56 Å². The quantitative estimate of drug-likeness (QED) is 0.474. The van der Waals surface area contributed by atoms with E-state index >= 15 is 0 Å². The van der Waals surface area contributed by atoms with Gasteiger partial charge in [0.15, 0.2) is 19.0 Å². The molecule has 0 unspecified atom stereocenters. The van der Waals surface area contributed by atoms with E-state index in [1.807, 2.05) is 19.1 Å². The summed E-state index contributed by atoms with van der Waals surface area (Å²) in [6, 6.07) is 14.4. The van der Waals surface area contributed by atoms with Crippen molar-refractivity contribution in [1.29, 1.82) is 0 Å². The van der Waals surface area contributed by atoms with Gasteiger partial charge in [0.2, 0.25) is 0 Å². The maximum atomic E-state index is 12.1. The lowest BCUT2D eigenvalue weighted by Crippen LogP contribution is -2.32. The highest BCUT2D eigenvalue weighted by molar-refractivity contribution is 5.94. The molecule has 1 N–H and O–H groups in total. The first kappa shape index (κ1) is 23.1. The van der Waals surface area contributed by atoms with Crippen molar-refractivity contribution in [3.05, 3.63) is 65.2 Å². The Morgan fingerprint density at radius 2 is 1.53 bits per heavy atom. The lowest BCUT2D eigenvalue weighted by atomic mass is 10.00. The summed E-state index contributed by atoms with van der Waals surface area (Å²) in [5.41, 5.74) is 2.81. The van der Waals surface area contributed by atoms with Crippen LogP contribution in [-0.2, 0) is 20.7 Å². The van der Waals surface area contributed by atoms with E-state index in [9.17, 15) is 14.4 Å². The van der Waals surface area contributed by atoms with E-state index in [0.717, 1.165) is 12.0 Å². The highest BCUT2D eigenvalue weighted by atomic mass is 16.6. The number of nitrogens with one attached hydrogen (secondary N) is 1. The number of ether oxygens (including phenoxy) is 2. The lowest BCUT2D eigenvalue weighted by molar-refractivity contribution is -0.150. The van der Waals surface area contributed by atoms with Gasteiger partial charge in [-0.1, -0.05) is 38.1 Å². The molecule has 0 aliphatic carbocycles. The van der Waals surface area contributed by atoms with Crippen LogP contribution in [0, 0.1) is 5.92 Å². The van der Waals surface area contributed by atoms with Crippen LogP contribution in [0.25, 0.3) is 0 Å². The number of amides is 1. The van der Waals surface area contributed by atoms with E-state index in [1.54, 1.807) is 24.3 Å². The van der Waals surface area contributed by atoms with Crippen molar-refractivity contribution in [2.24, 2.45) is 5.92 Å². The van der Waals surface area contributed by atoms with Crippen molar-refractivity contribution >= 4 is 17.7 Å². The van der Waals surface area contributed by atoms with Gasteiger partial charge in [-0.15, -0.1) is 0 Å². The van der Waals surface area contributed by atoms with E-state index in [0.29, 0.717) is 17.2 Å². The monoisotopic (exact) mass is 411 g/mol. The van der Waals surface area contributed by atoms with Crippen molar-refractivity contribution < 1.29 is 23.9 Å². The van der Waals surface area contributed by atoms with Crippen LogP contribution in [0.2, 0.25) is 0 Å². The fraction of sp³-hybridized carbons (Fsp3) is 0.375. The summed E-state index contributed by atoms with van der Waals surface area (Å²) in [6.07, 6.45) is 1.01. The van der Waals surface area contributed by atoms with Gasteiger partial charge in [0.25, 0.3) is 5.91 Å². The highest BCUT2D eigenvalue weighted by Crippen LogP contribution is 2.16. The van der Waals surface area contributed by atoms with E-state index in [1.165, 1.54) is 12.5 Å². The number of rotatable bonds is 10. The second kappa shape index (κ2) is 11.1. The number of Topliss-reactive ketones (excluding diaryl/α,β-unsaturated/α-hetero) is 1. The Kier molecular flexibility index (Phi) is 8.59. The van der Waals surface area contributed by atoms with E-state index < -0.39 is 5.97 Å². The summed E-state index contributed by atoms with van der Waals surface area (Å²) in [6.45, 7) is 7.01. The summed E-state index contributed by atoms with van der Waals surface area (Å²) in [4.78, 5) is 35.1. The molecule has 0 heterocycles. The fourth-order valence-electron chi connectivity index (χ4n) is 2.90. The zero-order valence-electron chi connectivity index (χ0n) is 17.9. The van der Waals surface area contributed by atoms with Crippen LogP contribution in [0.1, 0.15) is 55.2 Å². The zero-order chi connectivity index (χ0) is 22.1. The van der Waals surface area contributed by atoms with Crippen molar-refractivity contribution in [3.63, 3.8) is 0 Å². The minimum absolute atomic E-state index is 0.0484. The van der Waals surface area contributed by atoms with Gasteiger partial charge in [0.1, 0.15) is 5.75 Å². The Labute approximate surface area is 177 Å². The number of benzene rings is 2. The second-order valence-electron chi connectivity index (χ2n) is 7.66. The molecule has 0 spiro atoms. The lowest BCUT2D eigenvalue weighted by Gasteiger charge is -2.15. The molecule has 160 valence electrons. The first-order valence-electron chi connectivity index (χ1n) is 10.0. The molecule has 0 aliphatic rings. The van der Waals surface area contributed by atoms with Gasteiger partial charge < -0.3 is 14.8 Å². The molecule has 6 heteroatoms.